The van der Waals surface area contributed by atoms with Crippen molar-refractivity contribution < 1.29 is 0 Å². The van der Waals surface area contributed by atoms with E-state index in [1.165, 1.54) is 44.6 Å². The third-order valence-electron chi connectivity index (χ3n) is 5.92. The van der Waals surface area contributed by atoms with Gasteiger partial charge in [-0.3, -0.25) is 4.68 Å². The summed E-state index contributed by atoms with van der Waals surface area (Å²) < 4.78 is 1.94. The molecule has 3 heteroatoms. The molecule has 1 aromatic heterocycles. The average Bonchev–Trinajstić information content (AvgIpc) is 2.92. The highest BCUT2D eigenvalue weighted by Gasteiger charge is 2.32. The van der Waals surface area contributed by atoms with E-state index in [1.807, 2.05) is 4.68 Å². The lowest BCUT2D eigenvalue weighted by Gasteiger charge is -2.32. The summed E-state index contributed by atoms with van der Waals surface area (Å²) >= 11 is 0. The molecule has 3 aromatic rings. The van der Waals surface area contributed by atoms with E-state index in [-0.39, 0.29) is 0 Å². The van der Waals surface area contributed by atoms with Crippen molar-refractivity contribution >= 4 is 28.2 Å². The fourth-order valence-corrected chi connectivity index (χ4v) is 4.83. The van der Waals surface area contributed by atoms with Crippen LogP contribution in [0.5, 0.6) is 0 Å². The molecule has 3 aliphatic rings. The number of nitrogen functional groups attached to an aromatic ring is 1. The van der Waals surface area contributed by atoms with Crippen LogP contribution in [0.25, 0.3) is 22.6 Å². The summed E-state index contributed by atoms with van der Waals surface area (Å²) in [5.41, 5.74) is 10.4. The Morgan fingerprint density at radius 3 is 2.92 bits per heavy atom. The van der Waals surface area contributed by atoms with Crippen LogP contribution in [0.4, 0.5) is 5.69 Å². The van der Waals surface area contributed by atoms with Crippen LogP contribution >= 0.6 is 0 Å². The lowest BCUT2D eigenvalue weighted by Crippen LogP contribution is -2.23. The summed E-state index contributed by atoms with van der Waals surface area (Å²) in [6, 6.07) is 13.1. The van der Waals surface area contributed by atoms with Crippen LogP contribution in [-0.2, 0) is 13.0 Å². The summed E-state index contributed by atoms with van der Waals surface area (Å²) in [5, 5.41) is 1.34. The zero-order chi connectivity index (χ0) is 16.7. The molecular weight excluding hydrogens is 306 g/mol. The maximum Gasteiger partial charge on any atom is 0.0703 e. The van der Waals surface area contributed by atoms with Crippen molar-refractivity contribution in [1.29, 1.82) is 0 Å². The summed E-state index contributed by atoms with van der Waals surface area (Å²) in [6.07, 6.45) is 7.88. The van der Waals surface area contributed by atoms with Gasteiger partial charge < -0.3 is 10.7 Å². The van der Waals surface area contributed by atoms with Gasteiger partial charge in [0.25, 0.3) is 0 Å². The third-order valence-corrected chi connectivity index (χ3v) is 5.92. The number of nitrogens with two attached hydrogens (primary N) is 1. The van der Waals surface area contributed by atoms with Crippen molar-refractivity contribution in [2.24, 2.45) is 5.92 Å². The minimum atomic E-state index is 0.483. The molecule has 2 N–H and O–H groups in total. The number of para-hydroxylation sites is 1. The number of allylic oxidation sites excluding steroid dienone is 1. The number of hydrogen-bond donors (Lipinski definition) is 1. The number of hydrogen-bond acceptors (Lipinski definition) is 2. The van der Waals surface area contributed by atoms with Crippen molar-refractivity contribution in [3.05, 3.63) is 76.6 Å². The molecule has 0 spiro atoms. The van der Waals surface area contributed by atoms with Crippen molar-refractivity contribution in [1.82, 2.24) is 4.68 Å². The van der Waals surface area contributed by atoms with E-state index >= 15 is 0 Å². The van der Waals surface area contributed by atoms with Gasteiger partial charge in [0.15, 0.2) is 0 Å². The second-order valence-corrected chi connectivity index (χ2v) is 7.44. The Kier molecular flexibility index (Phi) is 2.33. The highest BCUT2D eigenvalue weighted by molar-refractivity contribution is 6.05. The molecule has 6 rings (SSSR count). The smallest absolute Gasteiger partial charge is 0.0703 e. The monoisotopic (exact) mass is 325 g/mol. The molecule has 1 aliphatic carbocycles. The van der Waals surface area contributed by atoms with Crippen LogP contribution in [-0.4, -0.2) is 4.68 Å². The molecule has 1 atom stereocenters. The Bertz CT molecular complexity index is 1130. The van der Waals surface area contributed by atoms with Crippen molar-refractivity contribution in [3.8, 4) is 0 Å². The van der Waals surface area contributed by atoms with Gasteiger partial charge in [-0.1, -0.05) is 37.3 Å². The van der Waals surface area contributed by atoms with Crippen molar-refractivity contribution in [2.45, 2.75) is 19.9 Å². The van der Waals surface area contributed by atoms with Crippen LogP contribution < -0.4 is 10.7 Å². The molecule has 3 heterocycles. The predicted molar refractivity (Wildman–Crippen MR) is 104 cm³/mol. The largest absolute Gasteiger partial charge is 0.343 e. The summed E-state index contributed by atoms with van der Waals surface area (Å²) in [5.74, 6) is 7.05. The first-order valence-electron chi connectivity index (χ1n) is 8.93. The van der Waals surface area contributed by atoms with E-state index in [2.05, 4.69) is 66.6 Å². The lowest BCUT2D eigenvalue weighted by atomic mass is 9.81. The summed E-state index contributed by atoms with van der Waals surface area (Å²) in [6.45, 7) is 3.18. The van der Waals surface area contributed by atoms with E-state index in [4.69, 9.17) is 5.84 Å². The van der Waals surface area contributed by atoms with E-state index in [9.17, 15) is 0 Å². The van der Waals surface area contributed by atoms with Crippen LogP contribution in [0, 0.1) is 5.92 Å². The van der Waals surface area contributed by atoms with Gasteiger partial charge in [0.1, 0.15) is 0 Å². The quantitative estimate of drug-likeness (QED) is 0.626. The van der Waals surface area contributed by atoms with E-state index in [1.54, 1.807) is 0 Å². The number of nitrogens with zero attached hydrogens (tertiary/aromatic N) is 2. The molecule has 2 aliphatic heterocycles. The van der Waals surface area contributed by atoms with Crippen molar-refractivity contribution in [3.63, 3.8) is 0 Å². The van der Waals surface area contributed by atoms with Crippen molar-refractivity contribution in [2.75, 3.05) is 10.7 Å². The van der Waals surface area contributed by atoms with Gasteiger partial charge in [-0.25, -0.2) is 0 Å². The maximum absolute atomic E-state index is 6.56. The van der Waals surface area contributed by atoms with Crippen LogP contribution in [0.3, 0.4) is 0 Å². The number of anilines is 1. The molecule has 0 radical (unpaired) electrons. The van der Waals surface area contributed by atoms with E-state index in [0.29, 0.717) is 5.92 Å². The first-order chi connectivity index (χ1) is 12.2. The third kappa shape index (κ3) is 1.56. The Morgan fingerprint density at radius 1 is 1.12 bits per heavy atom. The van der Waals surface area contributed by atoms with Gasteiger partial charge in [-0.05, 0) is 47.2 Å². The van der Waals surface area contributed by atoms with Gasteiger partial charge in [-0.15, -0.1) is 0 Å². The fourth-order valence-electron chi connectivity index (χ4n) is 4.83. The van der Waals surface area contributed by atoms with Gasteiger partial charge in [-0.2, -0.15) is 0 Å². The normalized spacial score (nSPS) is 19.6. The second kappa shape index (κ2) is 4.37. The zero-order valence-corrected chi connectivity index (χ0v) is 14.2. The SMILES string of the molecule is CC1C=C2c3ccccc3N3C=Cc4ccc5c(c4C3)c2c(n5N)C1. The van der Waals surface area contributed by atoms with Gasteiger partial charge in [0.05, 0.1) is 5.52 Å². The molecule has 2 bridgehead atoms. The molecule has 3 nitrogen and oxygen atoms in total. The Labute approximate surface area is 146 Å². The van der Waals surface area contributed by atoms with E-state index in [0.717, 1.165) is 18.5 Å². The zero-order valence-electron chi connectivity index (χ0n) is 14.2. The minimum Gasteiger partial charge on any atom is -0.343 e. The Hall–Kier alpha value is -2.94. The Morgan fingerprint density at radius 2 is 2.00 bits per heavy atom. The average molecular weight is 325 g/mol. The summed E-state index contributed by atoms with van der Waals surface area (Å²) in [7, 11) is 0. The number of aromatic nitrogens is 1. The molecule has 122 valence electrons. The molecular formula is C22H19N3. The molecule has 2 aromatic carbocycles. The molecule has 0 saturated heterocycles. The Balaban J connectivity index is 1.87. The highest BCUT2D eigenvalue weighted by Crippen LogP contribution is 2.47. The fraction of sp³-hybridized carbons (Fsp3) is 0.182. The van der Waals surface area contributed by atoms with E-state index < -0.39 is 0 Å². The van der Waals surface area contributed by atoms with Gasteiger partial charge in [0, 0.05) is 40.6 Å². The molecule has 0 amide bonds. The standard InChI is InChI=1S/C22H19N3/c1-13-10-16-15-4-2-3-5-18(15)24-9-8-14-6-7-19-22(17(14)12-24)21(16)20(11-13)25(19)23/h2-10,13H,11-12,23H2,1H3. The van der Waals surface area contributed by atoms with Crippen LogP contribution in [0.15, 0.2) is 48.7 Å². The van der Waals surface area contributed by atoms with Gasteiger partial charge in [0.2, 0.25) is 0 Å². The molecule has 0 fully saturated rings. The molecule has 1 unspecified atom stereocenters. The van der Waals surface area contributed by atoms with Crippen LogP contribution in [0.1, 0.15) is 34.9 Å². The minimum absolute atomic E-state index is 0.483. The first-order valence-corrected chi connectivity index (χ1v) is 8.93. The number of benzene rings is 2. The molecule has 0 saturated carbocycles. The highest BCUT2D eigenvalue weighted by atomic mass is 15.3. The number of rotatable bonds is 0. The summed E-state index contributed by atoms with van der Waals surface area (Å²) in [4.78, 5) is 2.37. The predicted octanol–water partition coefficient (Wildman–Crippen LogP) is 4.28. The van der Waals surface area contributed by atoms with Gasteiger partial charge >= 0.3 is 0 Å². The van der Waals surface area contributed by atoms with Crippen LogP contribution in [0.2, 0.25) is 0 Å². The lowest BCUT2D eigenvalue weighted by molar-refractivity contribution is 0.681. The topological polar surface area (TPSA) is 34.2 Å². The first kappa shape index (κ1) is 13.4. The maximum atomic E-state index is 6.56. The second-order valence-electron chi connectivity index (χ2n) is 7.44. The number of fused-ring (bicyclic) bond motifs is 4. The molecule has 25 heavy (non-hydrogen) atoms.